The van der Waals surface area contributed by atoms with Gasteiger partial charge in [0.1, 0.15) is 11.6 Å². The van der Waals surface area contributed by atoms with Gasteiger partial charge in [0.15, 0.2) is 5.78 Å². The van der Waals surface area contributed by atoms with Crippen LogP contribution in [-0.4, -0.2) is 52.2 Å². The predicted octanol–water partition coefficient (Wildman–Crippen LogP) is 4.16. The van der Waals surface area contributed by atoms with Gasteiger partial charge in [0.25, 0.3) is 0 Å². The first kappa shape index (κ1) is 27.4. The summed E-state index contributed by atoms with van der Waals surface area (Å²) in [7, 11) is 3.52. The molecule has 1 aliphatic heterocycles. The standard InChI is InChI=1S/C27H33N5O3.BrH/c1-7-35-23-11-18-13-32(26(28)19(18)8-17(23)12-24(34)29-5)14-22(33)16-9-20(27(2,3)4)25-21(10-16)31(6)15-30-25;/h8-11,15,28H,7,12-14H2,1-6H3,(H,29,34);1H. The Balaban J connectivity index is 0.00000361. The minimum Gasteiger partial charge on any atom is -0.494 e. The van der Waals surface area contributed by atoms with Crippen LogP contribution in [0.3, 0.4) is 0 Å². The van der Waals surface area contributed by atoms with Crippen molar-refractivity contribution in [1.82, 2.24) is 19.8 Å². The van der Waals surface area contributed by atoms with Crippen molar-refractivity contribution in [2.24, 2.45) is 7.05 Å². The molecule has 1 aromatic heterocycles. The maximum Gasteiger partial charge on any atom is 0.224 e. The van der Waals surface area contributed by atoms with Gasteiger partial charge in [-0.25, -0.2) is 4.98 Å². The highest BCUT2D eigenvalue weighted by molar-refractivity contribution is 8.93. The number of hydrogen-bond acceptors (Lipinski definition) is 5. The highest BCUT2D eigenvalue weighted by Gasteiger charge is 2.29. The van der Waals surface area contributed by atoms with Crippen LogP contribution in [-0.2, 0) is 30.2 Å². The molecule has 2 heterocycles. The molecule has 0 radical (unpaired) electrons. The fourth-order valence-electron chi connectivity index (χ4n) is 4.52. The summed E-state index contributed by atoms with van der Waals surface area (Å²) in [6, 6.07) is 7.58. The molecule has 0 spiro atoms. The lowest BCUT2D eigenvalue weighted by Gasteiger charge is -2.22. The monoisotopic (exact) mass is 555 g/mol. The minimum atomic E-state index is -0.170. The van der Waals surface area contributed by atoms with Crippen molar-refractivity contribution in [3.63, 3.8) is 0 Å². The quantitative estimate of drug-likeness (QED) is 0.426. The van der Waals surface area contributed by atoms with Gasteiger partial charge in [-0.15, -0.1) is 17.0 Å². The van der Waals surface area contributed by atoms with Gasteiger partial charge < -0.3 is 19.5 Å². The van der Waals surface area contributed by atoms with E-state index in [9.17, 15) is 9.59 Å². The SMILES string of the molecule is Br.CCOc1cc2c(cc1CC(=O)NC)C(=N)N(CC(=O)c1cc(C(C)(C)C)c3ncn(C)c3c1)C2. The summed E-state index contributed by atoms with van der Waals surface area (Å²) in [6.07, 6.45) is 1.94. The van der Waals surface area contributed by atoms with Crippen LogP contribution in [0, 0.1) is 5.41 Å². The number of nitrogens with one attached hydrogen (secondary N) is 2. The third-order valence-electron chi connectivity index (χ3n) is 6.44. The second kappa shape index (κ2) is 10.4. The predicted molar refractivity (Wildman–Crippen MR) is 147 cm³/mol. The second-order valence-electron chi connectivity index (χ2n) is 10.0. The Morgan fingerprint density at radius 2 is 1.92 bits per heavy atom. The van der Waals surface area contributed by atoms with Gasteiger partial charge in [-0.2, -0.15) is 0 Å². The fourth-order valence-corrected chi connectivity index (χ4v) is 4.52. The summed E-state index contributed by atoms with van der Waals surface area (Å²) in [6.45, 7) is 9.26. The number of rotatable bonds is 7. The van der Waals surface area contributed by atoms with Crippen LogP contribution in [0.1, 0.15) is 60.3 Å². The number of benzene rings is 2. The van der Waals surface area contributed by atoms with Gasteiger partial charge in [-0.1, -0.05) is 20.8 Å². The van der Waals surface area contributed by atoms with E-state index < -0.39 is 0 Å². The second-order valence-corrected chi connectivity index (χ2v) is 10.0. The number of Topliss-reactive ketones (excluding diaryl/α,β-unsaturated/α-hetero) is 1. The molecular weight excluding hydrogens is 522 g/mol. The van der Waals surface area contributed by atoms with E-state index in [1.165, 1.54) is 0 Å². The van der Waals surface area contributed by atoms with E-state index in [0.717, 1.165) is 33.3 Å². The Hall–Kier alpha value is -3.20. The van der Waals surface area contributed by atoms with Crippen LogP contribution in [0.2, 0.25) is 0 Å². The maximum atomic E-state index is 13.4. The topological polar surface area (TPSA) is 100 Å². The van der Waals surface area contributed by atoms with E-state index in [-0.39, 0.29) is 52.9 Å². The average Bonchev–Trinajstić information content (AvgIpc) is 3.32. The molecule has 0 saturated carbocycles. The van der Waals surface area contributed by atoms with E-state index >= 15 is 0 Å². The van der Waals surface area contributed by atoms with Crippen molar-refractivity contribution < 1.29 is 14.3 Å². The molecule has 192 valence electrons. The molecule has 4 rings (SSSR count). The summed E-state index contributed by atoms with van der Waals surface area (Å²) < 4.78 is 7.70. The number of carbonyl (C=O) groups is 2. The zero-order chi connectivity index (χ0) is 25.5. The fraction of sp³-hybridized carbons (Fsp3) is 0.407. The van der Waals surface area contributed by atoms with Gasteiger partial charge in [0.2, 0.25) is 5.91 Å². The van der Waals surface area contributed by atoms with Crippen LogP contribution in [0.25, 0.3) is 11.0 Å². The Morgan fingerprint density at radius 3 is 2.56 bits per heavy atom. The number of aryl methyl sites for hydroxylation is 1. The first-order valence-electron chi connectivity index (χ1n) is 11.8. The first-order valence-corrected chi connectivity index (χ1v) is 11.8. The molecule has 0 saturated heterocycles. The van der Waals surface area contributed by atoms with Crippen molar-refractivity contribution in [3.05, 3.63) is 58.4 Å². The number of halogens is 1. The van der Waals surface area contributed by atoms with E-state index in [1.54, 1.807) is 18.3 Å². The molecule has 3 aromatic rings. The summed E-state index contributed by atoms with van der Waals surface area (Å²) in [5.41, 5.74) is 5.69. The van der Waals surface area contributed by atoms with E-state index in [2.05, 4.69) is 31.1 Å². The number of fused-ring (bicyclic) bond motifs is 2. The van der Waals surface area contributed by atoms with Crippen molar-refractivity contribution in [2.75, 3.05) is 20.2 Å². The van der Waals surface area contributed by atoms with Crippen LogP contribution in [0.5, 0.6) is 5.75 Å². The molecular formula is C27H34BrN5O3. The van der Waals surface area contributed by atoms with Gasteiger partial charge in [0.05, 0.1) is 36.9 Å². The van der Waals surface area contributed by atoms with E-state index in [1.807, 2.05) is 42.8 Å². The van der Waals surface area contributed by atoms with Crippen molar-refractivity contribution in [1.29, 1.82) is 5.41 Å². The lowest BCUT2D eigenvalue weighted by Crippen LogP contribution is -2.30. The van der Waals surface area contributed by atoms with Gasteiger partial charge in [-0.3, -0.25) is 15.0 Å². The molecule has 0 fully saturated rings. The number of carbonyl (C=O) groups excluding carboxylic acids is 2. The largest absolute Gasteiger partial charge is 0.494 e. The number of aromatic nitrogens is 2. The summed E-state index contributed by atoms with van der Waals surface area (Å²) in [4.78, 5) is 31.8. The highest BCUT2D eigenvalue weighted by atomic mass is 79.9. The molecule has 0 atom stereocenters. The first-order chi connectivity index (χ1) is 16.5. The molecule has 36 heavy (non-hydrogen) atoms. The normalized spacial score (nSPS) is 12.9. The van der Waals surface area contributed by atoms with E-state index in [4.69, 9.17) is 10.1 Å². The van der Waals surface area contributed by atoms with Crippen LogP contribution in [0.4, 0.5) is 0 Å². The number of ketones is 1. The summed E-state index contributed by atoms with van der Waals surface area (Å²) in [5, 5.41) is 11.4. The van der Waals surface area contributed by atoms with E-state index in [0.29, 0.717) is 24.5 Å². The van der Waals surface area contributed by atoms with Gasteiger partial charge >= 0.3 is 0 Å². The number of ether oxygens (including phenoxy) is 1. The van der Waals surface area contributed by atoms with Gasteiger partial charge in [0, 0.05) is 37.3 Å². The molecule has 2 aromatic carbocycles. The molecule has 1 amide bonds. The summed E-state index contributed by atoms with van der Waals surface area (Å²) >= 11 is 0. The lowest BCUT2D eigenvalue weighted by atomic mass is 9.84. The number of amidine groups is 1. The number of likely N-dealkylation sites (N-methyl/N-ethyl adjacent to an activating group) is 1. The Kier molecular flexibility index (Phi) is 7.93. The molecule has 0 aliphatic carbocycles. The minimum absolute atomic E-state index is 0. The molecule has 8 nitrogen and oxygen atoms in total. The van der Waals surface area contributed by atoms with Crippen molar-refractivity contribution >= 4 is 45.5 Å². The zero-order valence-corrected chi connectivity index (χ0v) is 23.4. The van der Waals surface area contributed by atoms with Crippen LogP contribution < -0.4 is 10.1 Å². The molecule has 0 bridgehead atoms. The third kappa shape index (κ3) is 5.16. The number of nitrogens with zero attached hydrogens (tertiary/aromatic N) is 3. The van der Waals surface area contributed by atoms with Crippen molar-refractivity contribution in [3.8, 4) is 5.75 Å². The molecule has 9 heteroatoms. The Labute approximate surface area is 222 Å². The Morgan fingerprint density at radius 1 is 1.19 bits per heavy atom. The lowest BCUT2D eigenvalue weighted by molar-refractivity contribution is -0.119. The van der Waals surface area contributed by atoms with Crippen LogP contribution in [0.15, 0.2) is 30.6 Å². The number of hydrogen-bond donors (Lipinski definition) is 2. The van der Waals surface area contributed by atoms with Crippen LogP contribution >= 0.6 is 17.0 Å². The molecule has 1 aliphatic rings. The molecule has 2 N–H and O–H groups in total. The highest BCUT2D eigenvalue weighted by Crippen LogP contribution is 2.33. The third-order valence-corrected chi connectivity index (χ3v) is 6.44. The van der Waals surface area contributed by atoms with Gasteiger partial charge in [-0.05, 0) is 47.7 Å². The zero-order valence-electron chi connectivity index (χ0n) is 21.7. The smallest absolute Gasteiger partial charge is 0.224 e. The Bertz CT molecular complexity index is 1340. The number of imidazole rings is 1. The van der Waals surface area contributed by atoms with Crippen molar-refractivity contribution in [2.45, 2.75) is 46.1 Å². The summed E-state index contributed by atoms with van der Waals surface area (Å²) in [5.74, 6) is 0.758. The molecule has 0 unspecified atom stereocenters. The maximum absolute atomic E-state index is 13.4. The average molecular weight is 557 g/mol. The number of amides is 1.